The van der Waals surface area contributed by atoms with Gasteiger partial charge in [-0.15, -0.1) is 0 Å². The predicted octanol–water partition coefficient (Wildman–Crippen LogP) is 2.13. The molecule has 2 fully saturated rings. The van der Waals surface area contributed by atoms with Gasteiger partial charge in [0.15, 0.2) is 0 Å². The van der Waals surface area contributed by atoms with Crippen molar-refractivity contribution in [3.05, 3.63) is 0 Å². The first-order valence-electron chi connectivity index (χ1n) is 5.90. The fourth-order valence-corrected chi connectivity index (χ4v) is 2.45. The lowest BCUT2D eigenvalue weighted by Crippen LogP contribution is -2.58. The van der Waals surface area contributed by atoms with Gasteiger partial charge >= 0.3 is 0 Å². The Hall–Kier alpha value is -1.04. The van der Waals surface area contributed by atoms with E-state index in [0.29, 0.717) is 0 Å². The highest BCUT2D eigenvalue weighted by Crippen LogP contribution is 2.42. The summed E-state index contributed by atoms with van der Waals surface area (Å²) in [7, 11) is 0. The predicted molar refractivity (Wildman–Crippen MR) is 56.9 cm³/mol. The number of carbonyl (C=O) groups is 1. The Bertz CT molecular complexity index is 303. The molecule has 0 aromatic carbocycles. The highest BCUT2D eigenvalue weighted by molar-refractivity contribution is 5.87. The van der Waals surface area contributed by atoms with Gasteiger partial charge in [-0.3, -0.25) is 4.79 Å². The summed E-state index contributed by atoms with van der Waals surface area (Å²) in [5.41, 5.74) is -0.658. The fraction of sp³-hybridized carbons (Fsp3) is 0.833. The number of rotatable bonds is 3. The lowest BCUT2D eigenvalue weighted by Gasteiger charge is -2.45. The number of nitrogens with zero attached hydrogens (tertiary/aromatic N) is 1. The molecule has 0 radical (unpaired) electrons. The summed E-state index contributed by atoms with van der Waals surface area (Å²) < 4.78 is 0. The van der Waals surface area contributed by atoms with E-state index >= 15 is 0 Å². The number of carbonyl (C=O) groups excluding carboxylic acids is 1. The van der Waals surface area contributed by atoms with Gasteiger partial charge in [0.1, 0.15) is 5.41 Å². The minimum absolute atomic E-state index is 0.0159. The molecule has 2 saturated carbocycles. The van der Waals surface area contributed by atoms with E-state index in [1.165, 1.54) is 6.42 Å². The van der Waals surface area contributed by atoms with Crippen LogP contribution in [-0.4, -0.2) is 11.4 Å². The summed E-state index contributed by atoms with van der Waals surface area (Å²) in [6.45, 7) is 2.11. The third kappa shape index (κ3) is 1.52. The van der Waals surface area contributed by atoms with E-state index in [2.05, 4.69) is 18.3 Å². The summed E-state index contributed by atoms with van der Waals surface area (Å²) in [6, 6.07) is 2.20. The monoisotopic (exact) mass is 206 g/mol. The Morgan fingerprint density at radius 3 is 2.20 bits per heavy atom. The van der Waals surface area contributed by atoms with Crippen LogP contribution in [-0.2, 0) is 4.79 Å². The average molecular weight is 206 g/mol. The van der Waals surface area contributed by atoms with Gasteiger partial charge < -0.3 is 5.32 Å². The van der Waals surface area contributed by atoms with Crippen molar-refractivity contribution < 1.29 is 4.79 Å². The second-order valence-corrected chi connectivity index (χ2v) is 4.99. The Kier molecular flexibility index (Phi) is 2.46. The van der Waals surface area contributed by atoms with Gasteiger partial charge in [-0.1, -0.05) is 6.92 Å². The Balaban J connectivity index is 2.00. The molecule has 0 bridgehead atoms. The molecule has 2 aliphatic rings. The minimum Gasteiger partial charge on any atom is -0.349 e. The van der Waals surface area contributed by atoms with Crippen LogP contribution in [0.2, 0.25) is 0 Å². The molecule has 1 N–H and O–H groups in total. The highest BCUT2D eigenvalue weighted by Gasteiger charge is 2.48. The quantitative estimate of drug-likeness (QED) is 0.769. The van der Waals surface area contributed by atoms with Crippen molar-refractivity contribution in [2.75, 3.05) is 0 Å². The second kappa shape index (κ2) is 3.52. The molecule has 0 atom stereocenters. The van der Waals surface area contributed by atoms with E-state index in [4.69, 9.17) is 5.26 Å². The van der Waals surface area contributed by atoms with Crippen LogP contribution in [0.1, 0.15) is 51.9 Å². The van der Waals surface area contributed by atoms with E-state index in [9.17, 15) is 4.79 Å². The molecule has 82 valence electrons. The number of amides is 1. The van der Waals surface area contributed by atoms with Gasteiger partial charge in [0.05, 0.1) is 6.07 Å². The second-order valence-electron chi connectivity index (χ2n) is 4.99. The topological polar surface area (TPSA) is 52.9 Å². The van der Waals surface area contributed by atoms with Crippen molar-refractivity contribution in [1.82, 2.24) is 5.32 Å². The van der Waals surface area contributed by atoms with Gasteiger partial charge in [-0.05, 0) is 44.9 Å². The molecule has 2 aliphatic carbocycles. The van der Waals surface area contributed by atoms with Gasteiger partial charge in [-0.25, -0.2) is 0 Å². The largest absolute Gasteiger partial charge is 0.349 e. The smallest absolute Gasteiger partial charge is 0.240 e. The number of hydrogen-bond acceptors (Lipinski definition) is 2. The average Bonchev–Trinajstić information content (AvgIpc) is 2.10. The van der Waals surface area contributed by atoms with Crippen molar-refractivity contribution in [1.29, 1.82) is 5.26 Å². The first-order valence-corrected chi connectivity index (χ1v) is 5.90. The lowest BCUT2D eigenvalue weighted by atomic mass is 9.67. The van der Waals surface area contributed by atoms with E-state index in [1.54, 1.807) is 0 Å². The number of nitriles is 1. The third-order valence-electron chi connectivity index (χ3n) is 4.22. The van der Waals surface area contributed by atoms with Crippen LogP contribution in [0.15, 0.2) is 0 Å². The van der Waals surface area contributed by atoms with Crippen molar-refractivity contribution in [2.24, 2.45) is 5.41 Å². The standard InChI is InChI=1S/C12H18N2O/c1-2-12(7-4-8-12)14-10(15)11(9-13)5-3-6-11/h2-8H2,1H3,(H,14,15). The molecule has 0 saturated heterocycles. The van der Waals surface area contributed by atoms with Gasteiger partial charge in [0.25, 0.3) is 0 Å². The number of nitrogens with one attached hydrogen (secondary N) is 1. The zero-order chi connectivity index (χ0) is 10.9. The van der Waals surface area contributed by atoms with Crippen molar-refractivity contribution in [2.45, 2.75) is 57.4 Å². The van der Waals surface area contributed by atoms with Crippen LogP contribution >= 0.6 is 0 Å². The molecule has 1 amide bonds. The molecule has 3 heteroatoms. The molecule has 15 heavy (non-hydrogen) atoms. The molecular formula is C12H18N2O. The third-order valence-corrected chi connectivity index (χ3v) is 4.22. The maximum Gasteiger partial charge on any atom is 0.240 e. The van der Waals surface area contributed by atoms with Gasteiger partial charge in [-0.2, -0.15) is 5.26 Å². The Morgan fingerprint density at radius 2 is 1.93 bits per heavy atom. The van der Waals surface area contributed by atoms with Crippen LogP contribution in [0.3, 0.4) is 0 Å². The molecular weight excluding hydrogens is 188 g/mol. The molecule has 2 rings (SSSR count). The first kappa shape index (κ1) is 10.5. The summed E-state index contributed by atoms with van der Waals surface area (Å²) in [5, 5.41) is 12.2. The van der Waals surface area contributed by atoms with E-state index < -0.39 is 5.41 Å². The van der Waals surface area contributed by atoms with Crippen LogP contribution in [0.5, 0.6) is 0 Å². The zero-order valence-electron chi connectivity index (χ0n) is 9.31. The van der Waals surface area contributed by atoms with Crippen LogP contribution in [0.25, 0.3) is 0 Å². The summed E-state index contributed by atoms with van der Waals surface area (Å²) >= 11 is 0. The normalized spacial score (nSPS) is 25.6. The van der Waals surface area contributed by atoms with Gasteiger partial charge in [0.2, 0.25) is 5.91 Å². The fourth-order valence-electron chi connectivity index (χ4n) is 2.45. The summed E-state index contributed by atoms with van der Waals surface area (Å²) in [5.74, 6) is -0.0159. The Morgan fingerprint density at radius 1 is 1.33 bits per heavy atom. The Labute approximate surface area is 90.8 Å². The lowest BCUT2D eigenvalue weighted by molar-refractivity contribution is -0.135. The maximum atomic E-state index is 12.0. The first-order chi connectivity index (χ1) is 7.16. The molecule has 0 aliphatic heterocycles. The summed E-state index contributed by atoms with van der Waals surface area (Å²) in [4.78, 5) is 12.0. The zero-order valence-corrected chi connectivity index (χ0v) is 9.31. The highest BCUT2D eigenvalue weighted by atomic mass is 16.2. The summed E-state index contributed by atoms with van der Waals surface area (Å²) in [6.07, 6.45) is 6.85. The van der Waals surface area contributed by atoms with E-state index in [-0.39, 0.29) is 11.4 Å². The minimum atomic E-state index is -0.683. The van der Waals surface area contributed by atoms with Gasteiger partial charge in [0, 0.05) is 5.54 Å². The molecule has 0 heterocycles. The van der Waals surface area contributed by atoms with Crippen LogP contribution in [0, 0.1) is 16.7 Å². The van der Waals surface area contributed by atoms with Crippen molar-refractivity contribution >= 4 is 5.91 Å². The molecule has 0 spiro atoms. The molecule has 0 aromatic rings. The molecule has 0 aromatic heterocycles. The van der Waals surface area contributed by atoms with E-state index in [1.807, 2.05) is 0 Å². The SMILES string of the molecule is CCC1(NC(=O)C2(C#N)CCC2)CCC1. The van der Waals surface area contributed by atoms with E-state index in [0.717, 1.165) is 38.5 Å². The van der Waals surface area contributed by atoms with Crippen LogP contribution in [0.4, 0.5) is 0 Å². The van der Waals surface area contributed by atoms with Crippen molar-refractivity contribution in [3.8, 4) is 6.07 Å². The van der Waals surface area contributed by atoms with Crippen LogP contribution < -0.4 is 5.32 Å². The molecule has 0 unspecified atom stereocenters. The molecule has 3 nitrogen and oxygen atoms in total. The maximum absolute atomic E-state index is 12.0. The van der Waals surface area contributed by atoms with Crippen molar-refractivity contribution in [3.63, 3.8) is 0 Å². The number of hydrogen-bond donors (Lipinski definition) is 1.